The molecule has 0 aromatic heterocycles. The number of nitrogens with zero attached hydrogens (tertiary/aromatic N) is 1. The second-order valence-electron chi connectivity index (χ2n) is 6.09. The van der Waals surface area contributed by atoms with E-state index < -0.39 is 0 Å². The van der Waals surface area contributed by atoms with Crippen molar-refractivity contribution in [2.75, 3.05) is 13.2 Å². The molecular formula is C16H30N2O2. The number of nitrogens with one attached hydrogen (secondary N) is 1. The Morgan fingerprint density at radius 3 is 2.65 bits per heavy atom. The standard InChI is InChI=1S/C16H30N2O2/c1-3-8-14-16(19)18(15(4-2)17-14)11-12-20-13-9-6-5-7-10-13/h13-15,17H,3-12H2,1-2H3. The summed E-state index contributed by atoms with van der Waals surface area (Å²) in [6.07, 6.45) is 9.93. The van der Waals surface area contributed by atoms with Crippen LogP contribution >= 0.6 is 0 Å². The summed E-state index contributed by atoms with van der Waals surface area (Å²) < 4.78 is 5.96. The number of carbonyl (C=O) groups is 1. The molecule has 0 aromatic carbocycles. The van der Waals surface area contributed by atoms with Gasteiger partial charge in [-0.05, 0) is 25.7 Å². The Bertz CT molecular complexity index is 303. The Morgan fingerprint density at radius 1 is 1.25 bits per heavy atom. The largest absolute Gasteiger partial charge is 0.376 e. The molecule has 2 atom stereocenters. The third-order valence-electron chi connectivity index (χ3n) is 4.55. The zero-order valence-corrected chi connectivity index (χ0v) is 13.1. The Balaban J connectivity index is 1.76. The van der Waals surface area contributed by atoms with Crippen LogP contribution in [0.25, 0.3) is 0 Å². The lowest BCUT2D eigenvalue weighted by Gasteiger charge is -2.26. The van der Waals surface area contributed by atoms with Gasteiger partial charge in [-0.1, -0.05) is 39.5 Å². The van der Waals surface area contributed by atoms with Crippen molar-refractivity contribution < 1.29 is 9.53 Å². The van der Waals surface area contributed by atoms with E-state index in [0.717, 1.165) is 25.8 Å². The van der Waals surface area contributed by atoms with Crippen LogP contribution in [0.2, 0.25) is 0 Å². The van der Waals surface area contributed by atoms with Crippen LogP contribution in [0.15, 0.2) is 0 Å². The van der Waals surface area contributed by atoms with E-state index in [2.05, 4.69) is 19.2 Å². The van der Waals surface area contributed by atoms with Crippen molar-refractivity contribution in [3.05, 3.63) is 0 Å². The van der Waals surface area contributed by atoms with Crippen LogP contribution in [0, 0.1) is 0 Å². The van der Waals surface area contributed by atoms with Crippen LogP contribution in [0.4, 0.5) is 0 Å². The lowest BCUT2D eigenvalue weighted by atomic mass is 9.98. The van der Waals surface area contributed by atoms with Gasteiger partial charge in [-0.3, -0.25) is 10.1 Å². The molecule has 2 rings (SSSR count). The molecule has 1 saturated heterocycles. The fourth-order valence-electron chi connectivity index (χ4n) is 3.40. The van der Waals surface area contributed by atoms with Gasteiger partial charge in [-0.15, -0.1) is 0 Å². The zero-order valence-electron chi connectivity index (χ0n) is 13.1. The van der Waals surface area contributed by atoms with Crippen molar-refractivity contribution in [2.24, 2.45) is 0 Å². The molecule has 2 unspecified atom stereocenters. The summed E-state index contributed by atoms with van der Waals surface area (Å²) in [6.45, 7) is 5.69. The molecule has 0 aromatic rings. The van der Waals surface area contributed by atoms with Gasteiger partial charge in [0.2, 0.25) is 5.91 Å². The maximum atomic E-state index is 12.4. The molecule has 1 N–H and O–H groups in total. The number of hydrogen-bond acceptors (Lipinski definition) is 3. The van der Waals surface area contributed by atoms with Gasteiger partial charge in [-0.25, -0.2) is 0 Å². The average Bonchev–Trinajstić information content (AvgIpc) is 2.77. The molecule has 20 heavy (non-hydrogen) atoms. The first-order valence-corrected chi connectivity index (χ1v) is 8.44. The predicted octanol–water partition coefficient (Wildman–Crippen LogP) is 2.67. The molecule has 2 aliphatic rings. The lowest BCUT2D eigenvalue weighted by molar-refractivity contribution is -0.131. The van der Waals surface area contributed by atoms with Crippen molar-refractivity contribution >= 4 is 5.91 Å². The second kappa shape index (κ2) is 7.99. The van der Waals surface area contributed by atoms with Gasteiger partial charge in [0.05, 0.1) is 24.9 Å². The van der Waals surface area contributed by atoms with Crippen molar-refractivity contribution in [1.82, 2.24) is 10.2 Å². The predicted molar refractivity (Wildman–Crippen MR) is 80.4 cm³/mol. The maximum Gasteiger partial charge on any atom is 0.241 e. The smallest absolute Gasteiger partial charge is 0.241 e. The first kappa shape index (κ1) is 15.8. The van der Waals surface area contributed by atoms with E-state index in [1.807, 2.05) is 4.90 Å². The molecule has 4 nitrogen and oxygen atoms in total. The summed E-state index contributed by atoms with van der Waals surface area (Å²) in [6, 6.07) is 0.0274. The van der Waals surface area contributed by atoms with Gasteiger partial charge in [0.25, 0.3) is 0 Å². The third-order valence-corrected chi connectivity index (χ3v) is 4.55. The fraction of sp³-hybridized carbons (Fsp3) is 0.938. The Morgan fingerprint density at radius 2 is 2.00 bits per heavy atom. The lowest BCUT2D eigenvalue weighted by Crippen LogP contribution is -2.39. The minimum absolute atomic E-state index is 0.0274. The van der Waals surface area contributed by atoms with E-state index >= 15 is 0 Å². The Hall–Kier alpha value is -0.610. The van der Waals surface area contributed by atoms with E-state index in [1.54, 1.807) is 0 Å². The van der Waals surface area contributed by atoms with Gasteiger partial charge in [0.15, 0.2) is 0 Å². The number of hydrogen-bond donors (Lipinski definition) is 1. The summed E-state index contributed by atoms with van der Waals surface area (Å²) >= 11 is 0. The number of ether oxygens (including phenoxy) is 1. The minimum atomic E-state index is 0.0274. The van der Waals surface area contributed by atoms with Crippen LogP contribution in [-0.2, 0) is 9.53 Å². The van der Waals surface area contributed by atoms with Gasteiger partial charge in [0.1, 0.15) is 0 Å². The molecule has 1 aliphatic carbocycles. The summed E-state index contributed by atoms with van der Waals surface area (Å²) in [5.74, 6) is 0.269. The second-order valence-corrected chi connectivity index (χ2v) is 6.09. The van der Waals surface area contributed by atoms with Gasteiger partial charge >= 0.3 is 0 Å². The summed E-state index contributed by atoms with van der Waals surface area (Å²) in [4.78, 5) is 14.3. The van der Waals surface area contributed by atoms with Crippen LogP contribution in [0.5, 0.6) is 0 Å². The molecule has 1 amide bonds. The molecule has 0 bridgehead atoms. The van der Waals surface area contributed by atoms with E-state index in [4.69, 9.17) is 4.74 Å². The normalized spacial score (nSPS) is 28.3. The summed E-state index contributed by atoms with van der Waals surface area (Å²) in [5.41, 5.74) is 0. The molecule has 116 valence electrons. The molecule has 1 aliphatic heterocycles. The molecule has 1 heterocycles. The average molecular weight is 282 g/mol. The van der Waals surface area contributed by atoms with Crippen LogP contribution in [0.3, 0.4) is 0 Å². The van der Waals surface area contributed by atoms with Gasteiger partial charge in [-0.2, -0.15) is 0 Å². The van der Waals surface area contributed by atoms with Crippen LogP contribution in [-0.4, -0.2) is 42.3 Å². The molecule has 4 heteroatoms. The molecular weight excluding hydrogens is 252 g/mol. The van der Waals surface area contributed by atoms with Crippen LogP contribution in [0.1, 0.15) is 65.2 Å². The van der Waals surface area contributed by atoms with Crippen molar-refractivity contribution in [3.8, 4) is 0 Å². The molecule has 0 spiro atoms. The summed E-state index contributed by atoms with van der Waals surface area (Å²) in [7, 11) is 0. The maximum absolute atomic E-state index is 12.4. The SMILES string of the molecule is CCCC1NC(CC)N(CCOC2CCCCC2)C1=O. The summed E-state index contributed by atoms with van der Waals surface area (Å²) in [5, 5.41) is 3.45. The van der Waals surface area contributed by atoms with Crippen molar-refractivity contribution in [2.45, 2.75) is 83.5 Å². The van der Waals surface area contributed by atoms with E-state index in [0.29, 0.717) is 12.7 Å². The highest BCUT2D eigenvalue weighted by atomic mass is 16.5. The first-order chi connectivity index (χ1) is 9.76. The quantitative estimate of drug-likeness (QED) is 0.780. The number of rotatable bonds is 7. The van der Waals surface area contributed by atoms with Crippen molar-refractivity contribution in [3.63, 3.8) is 0 Å². The fourth-order valence-corrected chi connectivity index (χ4v) is 3.40. The zero-order chi connectivity index (χ0) is 14.4. The Labute approximate surface area is 123 Å². The molecule has 0 radical (unpaired) electrons. The van der Waals surface area contributed by atoms with E-state index in [-0.39, 0.29) is 18.1 Å². The highest BCUT2D eigenvalue weighted by Gasteiger charge is 2.36. The number of carbonyl (C=O) groups excluding carboxylic acids is 1. The monoisotopic (exact) mass is 282 g/mol. The Kier molecular flexibility index (Phi) is 6.30. The third kappa shape index (κ3) is 3.95. The highest BCUT2D eigenvalue weighted by Crippen LogP contribution is 2.21. The van der Waals surface area contributed by atoms with E-state index in [1.165, 1.54) is 32.1 Å². The van der Waals surface area contributed by atoms with Crippen LogP contribution < -0.4 is 5.32 Å². The number of amides is 1. The van der Waals surface area contributed by atoms with Gasteiger partial charge < -0.3 is 9.64 Å². The molecule has 1 saturated carbocycles. The van der Waals surface area contributed by atoms with Gasteiger partial charge in [0, 0.05) is 6.54 Å². The topological polar surface area (TPSA) is 41.6 Å². The van der Waals surface area contributed by atoms with E-state index in [9.17, 15) is 4.79 Å². The molecule has 2 fully saturated rings. The highest BCUT2D eigenvalue weighted by molar-refractivity contribution is 5.84. The first-order valence-electron chi connectivity index (χ1n) is 8.44. The van der Waals surface area contributed by atoms with Crippen molar-refractivity contribution in [1.29, 1.82) is 0 Å². The minimum Gasteiger partial charge on any atom is -0.376 e.